The third-order valence-corrected chi connectivity index (χ3v) is 6.22. The molecule has 5 rings (SSSR count). The normalized spacial score (nSPS) is 11.1. The number of esters is 1. The van der Waals surface area contributed by atoms with Crippen molar-refractivity contribution in [3.63, 3.8) is 0 Å². The zero-order valence-electron chi connectivity index (χ0n) is 19.0. The van der Waals surface area contributed by atoms with Gasteiger partial charge in [-0.2, -0.15) is 0 Å². The highest BCUT2D eigenvalue weighted by molar-refractivity contribution is 5.91. The molecule has 3 nitrogen and oxygen atoms in total. The number of ether oxygens (including phenoxy) is 1. The van der Waals surface area contributed by atoms with Crippen LogP contribution in [0.4, 0.5) is 0 Å². The van der Waals surface area contributed by atoms with E-state index in [9.17, 15) is 9.90 Å². The lowest BCUT2D eigenvalue weighted by Crippen LogP contribution is -2.30. The SMILES string of the molecule is O=C(Oc1ccc(C(c2ccccc2)(c2ccccc2)c2ccc(O)cc2)cc1)c1ccccc1. The maximum absolute atomic E-state index is 12.5. The van der Waals surface area contributed by atoms with Gasteiger partial charge in [-0.25, -0.2) is 4.79 Å². The molecule has 0 spiro atoms. The Kier molecular flexibility index (Phi) is 6.15. The van der Waals surface area contributed by atoms with Crippen LogP contribution in [0.1, 0.15) is 32.6 Å². The first kappa shape index (κ1) is 22.2. The van der Waals surface area contributed by atoms with E-state index in [1.54, 1.807) is 24.3 Å². The molecule has 0 heterocycles. The van der Waals surface area contributed by atoms with Crippen LogP contribution in [0.2, 0.25) is 0 Å². The van der Waals surface area contributed by atoms with Crippen molar-refractivity contribution in [1.82, 2.24) is 0 Å². The molecule has 0 atom stereocenters. The zero-order valence-corrected chi connectivity index (χ0v) is 19.0. The number of hydrogen-bond acceptors (Lipinski definition) is 3. The van der Waals surface area contributed by atoms with E-state index in [0.29, 0.717) is 11.3 Å². The molecule has 0 aliphatic heterocycles. The highest BCUT2D eigenvalue weighted by atomic mass is 16.5. The molecule has 0 fully saturated rings. The van der Waals surface area contributed by atoms with E-state index in [1.807, 2.05) is 91.0 Å². The molecule has 5 aromatic carbocycles. The lowest BCUT2D eigenvalue weighted by atomic mass is 9.65. The molecule has 0 saturated carbocycles. The van der Waals surface area contributed by atoms with Crippen molar-refractivity contribution in [3.8, 4) is 11.5 Å². The minimum Gasteiger partial charge on any atom is -0.508 e. The van der Waals surface area contributed by atoms with Gasteiger partial charge in [0.1, 0.15) is 11.5 Å². The summed E-state index contributed by atoms with van der Waals surface area (Å²) in [5.74, 6) is 0.296. The van der Waals surface area contributed by atoms with Gasteiger partial charge in [-0.15, -0.1) is 0 Å². The first-order valence-electron chi connectivity index (χ1n) is 11.5. The Bertz CT molecular complexity index is 1350. The lowest BCUT2D eigenvalue weighted by Gasteiger charge is -2.37. The predicted octanol–water partition coefficient (Wildman–Crippen LogP) is 6.99. The Morgan fingerprint density at radius 3 is 1.40 bits per heavy atom. The molecule has 3 heteroatoms. The van der Waals surface area contributed by atoms with E-state index in [2.05, 4.69) is 24.3 Å². The minimum absolute atomic E-state index is 0.215. The van der Waals surface area contributed by atoms with Gasteiger partial charge in [-0.05, 0) is 58.7 Å². The van der Waals surface area contributed by atoms with Crippen molar-refractivity contribution >= 4 is 5.97 Å². The number of aromatic hydroxyl groups is 1. The Labute approximate surface area is 204 Å². The van der Waals surface area contributed by atoms with Crippen molar-refractivity contribution in [2.45, 2.75) is 5.41 Å². The predicted molar refractivity (Wildman–Crippen MR) is 138 cm³/mol. The highest BCUT2D eigenvalue weighted by Crippen LogP contribution is 2.45. The number of hydrogen-bond donors (Lipinski definition) is 1. The summed E-state index contributed by atoms with van der Waals surface area (Å²) < 4.78 is 5.63. The molecule has 0 amide bonds. The van der Waals surface area contributed by atoms with Crippen LogP contribution in [0.3, 0.4) is 0 Å². The maximum atomic E-state index is 12.5. The number of rotatable bonds is 6. The van der Waals surface area contributed by atoms with Gasteiger partial charge >= 0.3 is 5.97 Å². The van der Waals surface area contributed by atoms with Crippen molar-refractivity contribution in [2.24, 2.45) is 0 Å². The average Bonchev–Trinajstić information content (AvgIpc) is 2.93. The molecular formula is C32H24O3. The fourth-order valence-corrected chi connectivity index (χ4v) is 4.60. The lowest BCUT2D eigenvalue weighted by molar-refractivity contribution is 0.0734. The number of benzene rings is 5. The first-order valence-corrected chi connectivity index (χ1v) is 11.5. The third kappa shape index (κ3) is 4.32. The van der Waals surface area contributed by atoms with Crippen molar-refractivity contribution < 1.29 is 14.6 Å². The number of phenolic OH excluding ortho intramolecular Hbond substituents is 1. The largest absolute Gasteiger partial charge is 0.508 e. The second kappa shape index (κ2) is 9.70. The second-order valence-electron chi connectivity index (χ2n) is 8.31. The summed E-state index contributed by atoms with van der Waals surface area (Å²) in [6.45, 7) is 0. The summed E-state index contributed by atoms with van der Waals surface area (Å²) in [5.41, 5.74) is 4.07. The van der Waals surface area contributed by atoms with Crippen LogP contribution in [0.25, 0.3) is 0 Å². The van der Waals surface area contributed by atoms with Gasteiger partial charge in [0.2, 0.25) is 0 Å². The van der Waals surface area contributed by atoms with Gasteiger partial charge in [0, 0.05) is 0 Å². The molecule has 1 N–H and O–H groups in total. The van der Waals surface area contributed by atoms with Gasteiger partial charge in [0.15, 0.2) is 0 Å². The van der Waals surface area contributed by atoms with Crippen molar-refractivity contribution in [3.05, 3.63) is 167 Å². The summed E-state index contributed by atoms with van der Waals surface area (Å²) >= 11 is 0. The second-order valence-corrected chi connectivity index (χ2v) is 8.31. The van der Waals surface area contributed by atoms with Crippen LogP contribution in [0, 0.1) is 0 Å². The summed E-state index contributed by atoms with van der Waals surface area (Å²) in [6.07, 6.45) is 0. The molecule has 0 radical (unpaired) electrons. The standard InChI is InChI=1S/C32H24O3/c33-29-20-16-27(17-21-29)32(25-12-6-2-7-13-25,26-14-8-3-9-15-26)28-18-22-30(23-19-28)35-31(34)24-10-4-1-5-11-24/h1-23,33H. The van der Waals surface area contributed by atoms with Crippen LogP contribution in [-0.2, 0) is 5.41 Å². The van der Waals surface area contributed by atoms with E-state index in [4.69, 9.17) is 4.74 Å². The van der Waals surface area contributed by atoms with E-state index < -0.39 is 11.4 Å². The highest BCUT2D eigenvalue weighted by Gasteiger charge is 2.38. The van der Waals surface area contributed by atoms with Crippen LogP contribution in [-0.4, -0.2) is 11.1 Å². The zero-order chi connectivity index (χ0) is 24.1. The Balaban J connectivity index is 1.65. The smallest absolute Gasteiger partial charge is 0.343 e. The van der Waals surface area contributed by atoms with E-state index in [0.717, 1.165) is 22.3 Å². The molecule has 0 saturated heterocycles. The van der Waals surface area contributed by atoms with Gasteiger partial charge in [0.05, 0.1) is 11.0 Å². The molecule has 0 unspecified atom stereocenters. The molecule has 170 valence electrons. The van der Waals surface area contributed by atoms with E-state index >= 15 is 0 Å². The molecular weight excluding hydrogens is 432 g/mol. The first-order chi connectivity index (χ1) is 17.2. The number of carbonyl (C=O) groups is 1. The molecule has 35 heavy (non-hydrogen) atoms. The van der Waals surface area contributed by atoms with Crippen LogP contribution >= 0.6 is 0 Å². The number of carbonyl (C=O) groups excluding carboxylic acids is 1. The monoisotopic (exact) mass is 456 g/mol. The Morgan fingerprint density at radius 1 is 0.514 bits per heavy atom. The summed E-state index contributed by atoms with van der Waals surface area (Å²) in [6, 6.07) is 44.5. The van der Waals surface area contributed by atoms with Crippen molar-refractivity contribution in [1.29, 1.82) is 0 Å². The topological polar surface area (TPSA) is 46.5 Å². The average molecular weight is 457 g/mol. The summed E-state index contributed by atoms with van der Waals surface area (Å²) in [5, 5.41) is 10.00. The molecule has 0 aliphatic carbocycles. The van der Waals surface area contributed by atoms with Crippen LogP contribution < -0.4 is 4.74 Å². The molecule has 5 aromatic rings. The fourth-order valence-electron chi connectivity index (χ4n) is 4.60. The molecule has 0 aromatic heterocycles. The Morgan fingerprint density at radius 2 is 0.914 bits per heavy atom. The van der Waals surface area contributed by atoms with Gasteiger partial charge in [-0.1, -0.05) is 103 Å². The van der Waals surface area contributed by atoms with Crippen LogP contribution in [0.5, 0.6) is 11.5 Å². The fraction of sp³-hybridized carbons (Fsp3) is 0.0312. The van der Waals surface area contributed by atoms with E-state index in [-0.39, 0.29) is 5.75 Å². The van der Waals surface area contributed by atoms with Crippen LogP contribution in [0.15, 0.2) is 140 Å². The summed E-state index contributed by atoms with van der Waals surface area (Å²) in [4.78, 5) is 12.5. The molecule has 0 bridgehead atoms. The van der Waals surface area contributed by atoms with Gasteiger partial charge < -0.3 is 9.84 Å². The van der Waals surface area contributed by atoms with Gasteiger partial charge in [0.25, 0.3) is 0 Å². The van der Waals surface area contributed by atoms with Gasteiger partial charge in [-0.3, -0.25) is 0 Å². The van der Waals surface area contributed by atoms with Crippen molar-refractivity contribution in [2.75, 3.05) is 0 Å². The minimum atomic E-state index is -0.641. The molecule has 0 aliphatic rings. The van der Waals surface area contributed by atoms with E-state index in [1.165, 1.54) is 0 Å². The summed E-state index contributed by atoms with van der Waals surface area (Å²) in [7, 11) is 0. The number of phenols is 1. The quantitative estimate of drug-likeness (QED) is 0.170. The Hall–Kier alpha value is -4.63. The maximum Gasteiger partial charge on any atom is 0.343 e. The third-order valence-electron chi connectivity index (χ3n) is 6.22.